The van der Waals surface area contributed by atoms with Crippen molar-refractivity contribution in [3.8, 4) is 0 Å². The maximum atomic E-state index is 13.5. The molecule has 0 saturated heterocycles. The summed E-state index contributed by atoms with van der Waals surface area (Å²) in [6, 6.07) is 6.51. The zero-order valence-electron chi connectivity index (χ0n) is 14.3. The fourth-order valence-electron chi connectivity index (χ4n) is 2.08. The van der Waals surface area contributed by atoms with Crippen LogP contribution in [0.2, 0.25) is 10.0 Å². The molecule has 0 fully saturated rings. The third-order valence-electron chi connectivity index (χ3n) is 3.50. The van der Waals surface area contributed by atoms with Gasteiger partial charge in [0, 0.05) is 5.69 Å². The highest BCUT2D eigenvalue weighted by Crippen LogP contribution is 2.25. The minimum atomic E-state index is -0.981. The summed E-state index contributed by atoms with van der Waals surface area (Å²) >= 11 is 11.4. The van der Waals surface area contributed by atoms with Gasteiger partial charge in [-0.2, -0.15) is 0 Å². The second-order valence-electron chi connectivity index (χ2n) is 5.39. The molecule has 0 atom stereocenters. The van der Waals surface area contributed by atoms with Crippen LogP contribution in [0, 0.1) is 12.7 Å². The molecule has 0 saturated carbocycles. The van der Waals surface area contributed by atoms with Gasteiger partial charge in [-0.05, 0) is 36.8 Å². The molecule has 1 N–H and O–H groups in total. The van der Waals surface area contributed by atoms with Crippen molar-refractivity contribution in [3.63, 3.8) is 0 Å². The van der Waals surface area contributed by atoms with Crippen molar-refractivity contribution in [1.82, 2.24) is 0 Å². The first-order valence-corrected chi connectivity index (χ1v) is 8.29. The molecule has 2 rings (SSSR count). The molecule has 0 unspecified atom stereocenters. The van der Waals surface area contributed by atoms with Crippen molar-refractivity contribution in [2.75, 3.05) is 19.0 Å². The van der Waals surface area contributed by atoms with Gasteiger partial charge in [0.05, 0.1) is 28.3 Å². The zero-order valence-corrected chi connectivity index (χ0v) is 15.8. The Kier molecular flexibility index (Phi) is 6.76. The highest BCUT2D eigenvalue weighted by molar-refractivity contribution is 6.36. The predicted molar refractivity (Wildman–Crippen MR) is 97.9 cm³/mol. The number of anilines is 1. The summed E-state index contributed by atoms with van der Waals surface area (Å²) in [6.45, 7) is 1.08. The van der Waals surface area contributed by atoms with E-state index in [0.29, 0.717) is 11.3 Å². The molecule has 27 heavy (non-hydrogen) atoms. The van der Waals surface area contributed by atoms with Crippen molar-refractivity contribution in [2.45, 2.75) is 6.92 Å². The second kappa shape index (κ2) is 8.83. The van der Waals surface area contributed by atoms with Gasteiger partial charge in [-0.3, -0.25) is 4.79 Å². The number of nitrogens with one attached hydrogen (secondary N) is 1. The quantitative estimate of drug-likeness (QED) is 0.591. The summed E-state index contributed by atoms with van der Waals surface area (Å²) in [5.41, 5.74) is 1.04. The second-order valence-corrected chi connectivity index (χ2v) is 6.21. The molecule has 0 radical (unpaired) electrons. The predicted octanol–water partition coefficient (Wildman–Crippen LogP) is 4.02. The topological polar surface area (TPSA) is 81.7 Å². The Morgan fingerprint density at radius 1 is 1.07 bits per heavy atom. The van der Waals surface area contributed by atoms with E-state index in [1.165, 1.54) is 13.2 Å². The first-order valence-electron chi connectivity index (χ1n) is 7.53. The molecule has 0 aliphatic carbocycles. The van der Waals surface area contributed by atoms with Crippen LogP contribution in [0.15, 0.2) is 30.3 Å². The number of benzene rings is 2. The summed E-state index contributed by atoms with van der Waals surface area (Å²) in [7, 11) is 1.24. The first kappa shape index (κ1) is 20.7. The smallest absolute Gasteiger partial charge is 0.340 e. The van der Waals surface area contributed by atoms with Crippen LogP contribution in [-0.4, -0.2) is 31.6 Å². The summed E-state index contributed by atoms with van der Waals surface area (Å²) in [6.07, 6.45) is 0. The SMILES string of the molecule is COC(=O)c1ccc(C)c(NC(=O)COC(=O)c2cc(F)c(Cl)cc2Cl)c1. The fourth-order valence-corrected chi connectivity index (χ4v) is 2.54. The monoisotopic (exact) mass is 413 g/mol. The minimum absolute atomic E-state index is 0.103. The van der Waals surface area contributed by atoms with Crippen LogP contribution in [0.25, 0.3) is 0 Å². The number of hydrogen-bond acceptors (Lipinski definition) is 5. The molecule has 2 aromatic carbocycles. The van der Waals surface area contributed by atoms with Gasteiger partial charge in [0.15, 0.2) is 6.61 Å². The Morgan fingerprint density at radius 2 is 1.78 bits per heavy atom. The van der Waals surface area contributed by atoms with Gasteiger partial charge >= 0.3 is 11.9 Å². The molecule has 142 valence electrons. The van der Waals surface area contributed by atoms with Gasteiger partial charge in [-0.25, -0.2) is 14.0 Å². The van der Waals surface area contributed by atoms with E-state index in [-0.39, 0.29) is 21.2 Å². The number of amides is 1. The van der Waals surface area contributed by atoms with Crippen LogP contribution in [0.1, 0.15) is 26.3 Å². The number of methoxy groups -OCH3 is 1. The van der Waals surface area contributed by atoms with Crippen molar-refractivity contribution < 1.29 is 28.2 Å². The Balaban J connectivity index is 2.03. The van der Waals surface area contributed by atoms with E-state index in [9.17, 15) is 18.8 Å². The van der Waals surface area contributed by atoms with Crippen LogP contribution < -0.4 is 5.32 Å². The molecular weight excluding hydrogens is 400 g/mol. The molecule has 2 aromatic rings. The van der Waals surface area contributed by atoms with E-state index in [2.05, 4.69) is 10.1 Å². The zero-order chi connectivity index (χ0) is 20.1. The minimum Gasteiger partial charge on any atom is -0.465 e. The van der Waals surface area contributed by atoms with E-state index < -0.39 is 30.3 Å². The third kappa shape index (κ3) is 5.18. The Hall–Kier alpha value is -2.64. The fraction of sp³-hybridized carbons (Fsp3) is 0.167. The molecule has 0 bridgehead atoms. The van der Waals surface area contributed by atoms with Crippen LogP contribution in [0.5, 0.6) is 0 Å². The molecule has 0 aliphatic rings. The number of hydrogen-bond donors (Lipinski definition) is 1. The van der Waals surface area contributed by atoms with Crippen LogP contribution in [0.3, 0.4) is 0 Å². The van der Waals surface area contributed by atoms with Crippen LogP contribution in [0.4, 0.5) is 10.1 Å². The van der Waals surface area contributed by atoms with Crippen molar-refractivity contribution in [1.29, 1.82) is 0 Å². The lowest BCUT2D eigenvalue weighted by Crippen LogP contribution is -2.21. The van der Waals surface area contributed by atoms with Gasteiger partial charge in [0.1, 0.15) is 5.82 Å². The molecule has 1 amide bonds. The molecule has 9 heteroatoms. The highest BCUT2D eigenvalue weighted by Gasteiger charge is 2.17. The standard InChI is InChI=1S/C18H14Cl2FNO5/c1-9-3-4-10(17(24)26-2)5-15(9)22-16(23)8-27-18(25)11-6-14(21)13(20)7-12(11)19/h3-7H,8H2,1-2H3,(H,22,23). The van der Waals surface area contributed by atoms with E-state index in [0.717, 1.165) is 12.1 Å². The normalized spacial score (nSPS) is 10.3. The molecular formula is C18H14Cl2FNO5. The number of halogens is 3. The molecule has 0 aliphatic heterocycles. The summed E-state index contributed by atoms with van der Waals surface area (Å²) < 4.78 is 22.9. The average molecular weight is 414 g/mol. The van der Waals surface area contributed by atoms with E-state index >= 15 is 0 Å². The molecule has 0 aromatic heterocycles. The van der Waals surface area contributed by atoms with Gasteiger partial charge in [0.25, 0.3) is 5.91 Å². The Labute approximate surface area is 164 Å². The van der Waals surface area contributed by atoms with Crippen molar-refractivity contribution in [2.24, 2.45) is 0 Å². The summed E-state index contributed by atoms with van der Waals surface area (Å²) in [4.78, 5) is 35.6. The Bertz CT molecular complexity index is 917. The largest absolute Gasteiger partial charge is 0.465 e. The Morgan fingerprint density at radius 3 is 2.44 bits per heavy atom. The van der Waals surface area contributed by atoms with Crippen molar-refractivity contribution >= 4 is 46.7 Å². The molecule has 0 spiro atoms. The van der Waals surface area contributed by atoms with Gasteiger partial charge in [0.2, 0.25) is 0 Å². The first-order chi connectivity index (χ1) is 12.7. The highest BCUT2D eigenvalue weighted by atomic mass is 35.5. The lowest BCUT2D eigenvalue weighted by atomic mass is 10.1. The number of carbonyl (C=O) groups excluding carboxylic acids is 3. The van der Waals surface area contributed by atoms with Crippen LogP contribution >= 0.6 is 23.2 Å². The maximum Gasteiger partial charge on any atom is 0.340 e. The van der Waals surface area contributed by atoms with Gasteiger partial charge < -0.3 is 14.8 Å². The molecule has 0 heterocycles. The summed E-state index contributed by atoms with van der Waals surface area (Å²) in [5, 5.41) is 2.18. The number of aryl methyl sites for hydroxylation is 1. The van der Waals surface area contributed by atoms with Crippen LogP contribution in [-0.2, 0) is 14.3 Å². The molecule has 6 nitrogen and oxygen atoms in total. The number of esters is 2. The van der Waals surface area contributed by atoms with E-state index in [4.69, 9.17) is 27.9 Å². The van der Waals surface area contributed by atoms with Gasteiger partial charge in [-0.1, -0.05) is 29.3 Å². The van der Waals surface area contributed by atoms with E-state index in [1.54, 1.807) is 19.1 Å². The van der Waals surface area contributed by atoms with Crippen molar-refractivity contribution in [3.05, 3.63) is 62.9 Å². The number of rotatable bonds is 5. The van der Waals surface area contributed by atoms with Gasteiger partial charge in [-0.15, -0.1) is 0 Å². The summed E-state index contributed by atoms with van der Waals surface area (Å²) in [5.74, 6) is -3.03. The number of ether oxygens (including phenoxy) is 2. The lowest BCUT2D eigenvalue weighted by molar-refractivity contribution is -0.119. The average Bonchev–Trinajstić information content (AvgIpc) is 2.63. The maximum absolute atomic E-state index is 13.5. The lowest BCUT2D eigenvalue weighted by Gasteiger charge is -2.11. The third-order valence-corrected chi connectivity index (χ3v) is 4.10. The van der Waals surface area contributed by atoms with E-state index in [1.807, 2.05) is 0 Å². The number of carbonyl (C=O) groups is 3.